The molecular formula is C25H29ClN6O2. The zero-order valence-corrected chi connectivity index (χ0v) is 20.2. The van der Waals surface area contributed by atoms with Crippen molar-refractivity contribution in [3.05, 3.63) is 70.2 Å². The Labute approximate surface area is 204 Å². The predicted molar refractivity (Wildman–Crippen MR) is 131 cm³/mol. The molecule has 3 heterocycles. The molecular weight excluding hydrogens is 452 g/mol. The average Bonchev–Trinajstić information content (AvgIpc) is 3.21. The van der Waals surface area contributed by atoms with Crippen LogP contribution in [0.1, 0.15) is 16.7 Å². The van der Waals surface area contributed by atoms with Crippen molar-refractivity contribution in [1.29, 1.82) is 0 Å². The molecule has 8 nitrogen and oxygen atoms in total. The minimum atomic E-state index is -0.584. The lowest BCUT2D eigenvalue weighted by molar-refractivity contribution is -0.127. The number of rotatable bonds is 4. The zero-order valence-electron chi connectivity index (χ0n) is 19.4. The van der Waals surface area contributed by atoms with E-state index in [1.165, 1.54) is 16.0 Å². The van der Waals surface area contributed by atoms with E-state index >= 15 is 0 Å². The second-order valence-corrected chi connectivity index (χ2v) is 9.51. The smallest absolute Gasteiger partial charge is 0.325 e. The summed E-state index contributed by atoms with van der Waals surface area (Å²) in [4.78, 5) is 38.2. The summed E-state index contributed by atoms with van der Waals surface area (Å²) in [7, 11) is 1.68. The molecule has 0 bridgehead atoms. The molecule has 9 heteroatoms. The fraction of sp³-hybridized carbons (Fsp3) is 0.400. The van der Waals surface area contributed by atoms with Crippen LogP contribution < -0.4 is 5.32 Å². The first-order chi connectivity index (χ1) is 16.4. The van der Waals surface area contributed by atoms with Gasteiger partial charge in [-0.1, -0.05) is 54.1 Å². The van der Waals surface area contributed by atoms with Gasteiger partial charge in [0.15, 0.2) is 18.2 Å². The van der Waals surface area contributed by atoms with E-state index in [-0.39, 0.29) is 5.91 Å². The Morgan fingerprint density at radius 1 is 0.971 bits per heavy atom. The van der Waals surface area contributed by atoms with Crippen molar-refractivity contribution in [2.45, 2.75) is 32.2 Å². The van der Waals surface area contributed by atoms with Gasteiger partial charge in [0.05, 0.1) is 0 Å². The number of likely N-dealkylation sites (N-methyl/N-ethyl adjacent to an activating group) is 1. The Morgan fingerprint density at radius 2 is 1.65 bits per heavy atom. The van der Waals surface area contributed by atoms with Crippen LogP contribution >= 0.6 is 11.6 Å². The van der Waals surface area contributed by atoms with E-state index in [2.05, 4.69) is 46.3 Å². The standard InChI is InChI=1S/C25H29ClN6O2/c1-17-7-3-4-8-18(17)15-30-11-13-31(14-12-30)24-27-22-21(23(33)28-25(34)29(22)2)32(24)16-19-9-5-6-10-20(19)26/h3-10,21-22H,11-16H2,1-2H3,(H,28,33,34). The molecule has 0 saturated carbocycles. The van der Waals surface area contributed by atoms with Gasteiger partial charge in [0.25, 0.3) is 5.91 Å². The number of hydrogen-bond acceptors (Lipinski definition) is 6. The third kappa shape index (κ3) is 4.23. The van der Waals surface area contributed by atoms with Crippen LogP contribution in [0.15, 0.2) is 53.5 Å². The number of fused-ring (bicyclic) bond motifs is 1. The highest BCUT2D eigenvalue weighted by Gasteiger charge is 2.50. The van der Waals surface area contributed by atoms with Crippen LogP contribution in [0.25, 0.3) is 0 Å². The molecule has 2 atom stereocenters. The summed E-state index contributed by atoms with van der Waals surface area (Å²) in [6.07, 6.45) is -0.552. The average molecular weight is 481 g/mol. The Morgan fingerprint density at radius 3 is 2.35 bits per heavy atom. The maximum absolute atomic E-state index is 12.9. The fourth-order valence-electron chi connectivity index (χ4n) is 4.89. The van der Waals surface area contributed by atoms with Gasteiger partial charge in [-0.2, -0.15) is 0 Å². The lowest BCUT2D eigenvalue weighted by Crippen LogP contribution is -2.64. The molecule has 3 aliphatic heterocycles. The first-order valence-electron chi connectivity index (χ1n) is 11.6. The van der Waals surface area contributed by atoms with Crippen LogP contribution in [0.4, 0.5) is 4.79 Å². The summed E-state index contributed by atoms with van der Waals surface area (Å²) in [5, 5.41) is 3.11. The molecule has 5 rings (SSSR count). The zero-order chi connectivity index (χ0) is 23.8. The second kappa shape index (κ2) is 9.27. The molecule has 178 valence electrons. The minimum Gasteiger partial charge on any atom is -0.340 e. The highest BCUT2D eigenvalue weighted by molar-refractivity contribution is 6.31. The molecule has 2 fully saturated rings. The van der Waals surface area contributed by atoms with Gasteiger partial charge in [-0.25, -0.2) is 9.79 Å². The minimum absolute atomic E-state index is 0.322. The van der Waals surface area contributed by atoms with Crippen LogP contribution in [-0.2, 0) is 17.9 Å². The summed E-state index contributed by atoms with van der Waals surface area (Å²) in [6.45, 7) is 6.88. The highest BCUT2D eigenvalue weighted by Crippen LogP contribution is 2.29. The summed E-state index contributed by atoms with van der Waals surface area (Å²) in [5.74, 6) is 0.430. The number of hydrogen-bond donors (Lipinski definition) is 1. The van der Waals surface area contributed by atoms with Gasteiger partial charge in [-0.15, -0.1) is 0 Å². The number of benzene rings is 2. The number of guanidine groups is 1. The predicted octanol–water partition coefficient (Wildman–Crippen LogP) is 2.51. The molecule has 2 aromatic rings. The van der Waals surface area contributed by atoms with Crippen LogP contribution in [0.3, 0.4) is 0 Å². The first-order valence-corrected chi connectivity index (χ1v) is 12.0. The molecule has 1 N–H and O–H groups in total. The molecule has 2 unspecified atom stereocenters. The van der Waals surface area contributed by atoms with Crippen molar-refractivity contribution in [2.75, 3.05) is 33.2 Å². The summed E-state index contributed by atoms with van der Waals surface area (Å²) in [6, 6.07) is 15.1. The van der Waals surface area contributed by atoms with Crippen molar-refractivity contribution in [2.24, 2.45) is 4.99 Å². The maximum atomic E-state index is 12.9. The second-order valence-electron chi connectivity index (χ2n) is 9.10. The molecule has 0 radical (unpaired) electrons. The molecule has 2 aromatic carbocycles. The number of aliphatic imine (C=N–C) groups is 1. The number of imide groups is 1. The summed E-state index contributed by atoms with van der Waals surface area (Å²) < 4.78 is 0. The van der Waals surface area contributed by atoms with E-state index in [9.17, 15) is 9.59 Å². The Kier molecular flexibility index (Phi) is 6.18. The lowest BCUT2D eigenvalue weighted by Gasteiger charge is -2.40. The molecule has 0 spiro atoms. The van der Waals surface area contributed by atoms with Crippen LogP contribution in [-0.4, -0.2) is 82.9 Å². The quantitative estimate of drug-likeness (QED) is 0.728. The summed E-state index contributed by atoms with van der Waals surface area (Å²) in [5.41, 5.74) is 3.57. The van der Waals surface area contributed by atoms with Crippen molar-refractivity contribution in [1.82, 2.24) is 24.9 Å². The highest BCUT2D eigenvalue weighted by atomic mass is 35.5. The third-order valence-corrected chi connectivity index (χ3v) is 7.32. The number of carbonyl (C=O) groups is 2. The fourth-order valence-corrected chi connectivity index (χ4v) is 5.08. The number of carbonyl (C=O) groups excluding carboxylic acids is 2. The molecule has 0 aliphatic carbocycles. The first kappa shape index (κ1) is 22.7. The van der Waals surface area contributed by atoms with Gasteiger partial charge in [-0.05, 0) is 29.7 Å². The van der Waals surface area contributed by atoms with Gasteiger partial charge in [-0.3, -0.25) is 15.0 Å². The number of halogens is 1. The number of nitrogens with one attached hydrogen (secondary N) is 1. The maximum Gasteiger partial charge on any atom is 0.325 e. The van der Waals surface area contributed by atoms with E-state index < -0.39 is 18.2 Å². The monoisotopic (exact) mass is 480 g/mol. The van der Waals surface area contributed by atoms with Crippen LogP contribution in [0, 0.1) is 6.92 Å². The number of urea groups is 1. The van der Waals surface area contributed by atoms with Gasteiger partial charge in [0, 0.05) is 51.3 Å². The topological polar surface area (TPSA) is 71.5 Å². The van der Waals surface area contributed by atoms with E-state index in [0.717, 1.165) is 44.2 Å². The Balaban J connectivity index is 1.36. The van der Waals surface area contributed by atoms with Crippen molar-refractivity contribution >= 4 is 29.5 Å². The Bertz CT molecular complexity index is 1130. The van der Waals surface area contributed by atoms with Gasteiger partial charge in [0.1, 0.15) is 0 Å². The lowest BCUT2D eigenvalue weighted by atomic mass is 10.1. The SMILES string of the molecule is Cc1ccccc1CN1CCN(C2=NC3C(C(=O)NC(=O)N3C)N2Cc2ccccc2Cl)CC1. The van der Waals surface area contributed by atoms with Gasteiger partial charge >= 0.3 is 6.03 Å². The van der Waals surface area contributed by atoms with Crippen molar-refractivity contribution in [3.63, 3.8) is 0 Å². The van der Waals surface area contributed by atoms with E-state index in [1.807, 2.05) is 29.2 Å². The van der Waals surface area contributed by atoms with E-state index in [4.69, 9.17) is 16.6 Å². The molecule has 34 heavy (non-hydrogen) atoms. The number of piperazine rings is 1. The van der Waals surface area contributed by atoms with Crippen LogP contribution in [0.5, 0.6) is 0 Å². The van der Waals surface area contributed by atoms with Gasteiger partial charge < -0.3 is 14.7 Å². The molecule has 3 amide bonds. The molecule has 2 saturated heterocycles. The van der Waals surface area contributed by atoms with E-state index in [1.54, 1.807) is 7.05 Å². The van der Waals surface area contributed by atoms with Crippen LogP contribution in [0.2, 0.25) is 5.02 Å². The Hall–Kier alpha value is -3.10. The summed E-state index contributed by atoms with van der Waals surface area (Å²) >= 11 is 6.46. The largest absolute Gasteiger partial charge is 0.340 e. The normalized spacial score (nSPS) is 23.1. The van der Waals surface area contributed by atoms with Gasteiger partial charge in [0.2, 0.25) is 0 Å². The molecule has 3 aliphatic rings. The molecule has 0 aromatic heterocycles. The van der Waals surface area contributed by atoms with Crippen molar-refractivity contribution < 1.29 is 9.59 Å². The van der Waals surface area contributed by atoms with Crippen molar-refractivity contribution in [3.8, 4) is 0 Å². The number of nitrogens with zero attached hydrogens (tertiary/aromatic N) is 5. The third-order valence-electron chi connectivity index (χ3n) is 6.95. The number of aryl methyl sites for hydroxylation is 1. The van der Waals surface area contributed by atoms with E-state index in [0.29, 0.717) is 11.6 Å². The number of amides is 3.